The Morgan fingerprint density at radius 2 is 2.16 bits per heavy atom. The number of piperidine rings is 2. The van der Waals surface area contributed by atoms with Crippen LogP contribution in [0.5, 0.6) is 0 Å². The zero-order valence-electron chi connectivity index (χ0n) is 11.5. The van der Waals surface area contributed by atoms with Gasteiger partial charge in [0.05, 0.1) is 24.7 Å². The van der Waals surface area contributed by atoms with E-state index in [0.29, 0.717) is 5.69 Å². The average molecular weight is 262 g/mol. The van der Waals surface area contributed by atoms with Gasteiger partial charge in [-0.15, -0.1) is 0 Å². The van der Waals surface area contributed by atoms with Crippen molar-refractivity contribution in [1.29, 1.82) is 0 Å². The fourth-order valence-corrected chi connectivity index (χ4v) is 3.45. The molecule has 0 spiro atoms. The minimum Gasteiger partial charge on any atom is -0.390 e. The summed E-state index contributed by atoms with van der Waals surface area (Å²) < 4.78 is 0. The zero-order valence-corrected chi connectivity index (χ0v) is 11.5. The monoisotopic (exact) mass is 262 g/mol. The van der Waals surface area contributed by atoms with Gasteiger partial charge in [-0.3, -0.25) is 4.98 Å². The maximum absolute atomic E-state index is 9.00. The van der Waals surface area contributed by atoms with E-state index in [2.05, 4.69) is 26.8 Å². The molecule has 2 aliphatic heterocycles. The van der Waals surface area contributed by atoms with E-state index in [4.69, 9.17) is 5.11 Å². The Kier molecular flexibility index (Phi) is 3.66. The number of hydrogen-bond acceptors (Lipinski definition) is 5. The van der Waals surface area contributed by atoms with Crippen LogP contribution in [0.3, 0.4) is 0 Å². The van der Waals surface area contributed by atoms with Crippen LogP contribution in [-0.2, 0) is 6.61 Å². The van der Waals surface area contributed by atoms with Crippen LogP contribution >= 0.6 is 0 Å². The van der Waals surface area contributed by atoms with E-state index in [1.165, 1.54) is 25.8 Å². The minimum atomic E-state index is -0.0389. The number of rotatable bonds is 2. The first-order chi connectivity index (χ1) is 9.28. The van der Waals surface area contributed by atoms with Crippen LogP contribution in [0.2, 0.25) is 0 Å². The Morgan fingerprint density at radius 1 is 1.26 bits per heavy atom. The third-order valence-electron chi connectivity index (χ3n) is 4.52. The number of nitrogens with zero attached hydrogens (tertiary/aromatic N) is 4. The van der Waals surface area contributed by atoms with Gasteiger partial charge < -0.3 is 14.9 Å². The SMILES string of the molecule is CN1CCCC2CN(c3cnc(CO)cn3)CCC21. The van der Waals surface area contributed by atoms with E-state index < -0.39 is 0 Å². The van der Waals surface area contributed by atoms with Gasteiger partial charge >= 0.3 is 0 Å². The number of aliphatic hydroxyl groups excluding tert-OH is 1. The summed E-state index contributed by atoms with van der Waals surface area (Å²) in [6.45, 7) is 3.34. The highest BCUT2D eigenvalue weighted by atomic mass is 16.3. The fourth-order valence-electron chi connectivity index (χ4n) is 3.45. The highest BCUT2D eigenvalue weighted by Gasteiger charge is 2.34. The number of aromatic nitrogens is 2. The summed E-state index contributed by atoms with van der Waals surface area (Å²) in [4.78, 5) is 13.5. The number of likely N-dealkylation sites (tertiary alicyclic amines) is 1. The molecule has 0 radical (unpaired) electrons. The average Bonchev–Trinajstić information content (AvgIpc) is 2.47. The third-order valence-corrected chi connectivity index (χ3v) is 4.52. The lowest BCUT2D eigenvalue weighted by molar-refractivity contribution is 0.102. The Labute approximate surface area is 114 Å². The van der Waals surface area contributed by atoms with Crippen LogP contribution in [0.4, 0.5) is 5.82 Å². The molecular formula is C14H22N4O. The van der Waals surface area contributed by atoms with Crippen LogP contribution in [-0.4, -0.2) is 52.7 Å². The number of fused-ring (bicyclic) bond motifs is 1. The van der Waals surface area contributed by atoms with E-state index in [0.717, 1.165) is 30.9 Å². The van der Waals surface area contributed by atoms with Crippen molar-refractivity contribution in [3.63, 3.8) is 0 Å². The van der Waals surface area contributed by atoms with Crippen LogP contribution in [0.15, 0.2) is 12.4 Å². The molecule has 2 saturated heterocycles. The summed E-state index contributed by atoms with van der Waals surface area (Å²) >= 11 is 0. The lowest BCUT2D eigenvalue weighted by Gasteiger charge is -2.46. The van der Waals surface area contributed by atoms with Gasteiger partial charge in [0.15, 0.2) is 0 Å². The first-order valence-electron chi connectivity index (χ1n) is 7.15. The van der Waals surface area contributed by atoms with Crippen molar-refractivity contribution in [3.8, 4) is 0 Å². The van der Waals surface area contributed by atoms with Gasteiger partial charge in [-0.2, -0.15) is 0 Å². The fraction of sp³-hybridized carbons (Fsp3) is 0.714. The normalized spacial score (nSPS) is 28.2. The summed E-state index contributed by atoms with van der Waals surface area (Å²) in [6.07, 6.45) is 7.31. The molecule has 1 aromatic rings. The number of aliphatic hydroxyl groups is 1. The highest BCUT2D eigenvalue weighted by molar-refractivity contribution is 5.36. The largest absolute Gasteiger partial charge is 0.390 e. The van der Waals surface area contributed by atoms with Crippen molar-refractivity contribution in [1.82, 2.24) is 14.9 Å². The van der Waals surface area contributed by atoms with Gasteiger partial charge in [0.1, 0.15) is 5.82 Å². The van der Waals surface area contributed by atoms with Crippen molar-refractivity contribution < 1.29 is 5.11 Å². The predicted molar refractivity (Wildman–Crippen MR) is 73.9 cm³/mol. The van der Waals surface area contributed by atoms with Gasteiger partial charge in [-0.1, -0.05) is 0 Å². The molecule has 1 N–H and O–H groups in total. The number of anilines is 1. The topological polar surface area (TPSA) is 52.5 Å². The van der Waals surface area contributed by atoms with Gasteiger partial charge in [-0.25, -0.2) is 4.98 Å². The first kappa shape index (κ1) is 12.8. The summed E-state index contributed by atoms with van der Waals surface area (Å²) in [5.41, 5.74) is 0.635. The first-order valence-corrected chi connectivity index (χ1v) is 7.15. The van der Waals surface area contributed by atoms with Crippen molar-refractivity contribution in [2.45, 2.75) is 31.9 Å². The molecule has 0 bridgehead atoms. The minimum absolute atomic E-state index is 0.0389. The molecule has 0 aliphatic carbocycles. The van der Waals surface area contributed by atoms with Crippen molar-refractivity contribution in [2.75, 3.05) is 31.6 Å². The smallest absolute Gasteiger partial charge is 0.147 e. The van der Waals surface area contributed by atoms with Crippen LogP contribution in [0.25, 0.3) is 0 Å². The molecule has 3 heterocycles. The summed E-state index contributed by atoms with van der Waals surface area (Å²) in [5, 5.41) is 9.00. The van der Waals surface area contributed by atoms with Crippen LogP contribution in [0, 0.1) is 5.92 Å². The lowest BCUT2D eigenvalue weighted by Crippen LogP contribution is -2.52. The van der Waals surface area contributed by atoms with E-state index in [-0.39, 0.29) is 6.61 Å². The molecule has 0 amide bonds. The molecule has 2 unspecified atom stereocenters. The van der Waals surface area contributed by atoms with E-state index in [1.54, 1.807) is 12.4 Å². The second-order valence-corrected chi connectivity index (χ2v) is 5.71. The molecule has 5 heteroatoms. The van der Waals surface area contributed by atoms with Gasteiger partial charge in [0, 0.05) is 19.1 Å². The molecular weight excluding hydrogens is 240 g/mol. The van der Waals surface area contributed by atoms with Crippen LogP contribution in [0.1, 0.15) is 25.0 Å². The molecule has 19 heavy (non-hydrogen) atoms. The molecule has 5 nitrogen and oxygen atoms in total. The van der Waals surface area contributed by atoms with E-state index in [9.17, 15) is 0 Å². The van der Waals surface area contributed by atoms with Crippen LogP contribution < -0.4 is 4.90 Å². The molecule has 0 saturated carbocycles. The quantitative estimate of drug-likeness (QED) is 0.858. The van der Waals surface area contributed by atoms with Crippen molar-refractivity contribution in [2.24, 2.45) is 5.92 Å². The van der Waals surface area contributed by atoms with E-state index in [1.807, 2.05) is 0 Å². The maximum Gasteiger partial charge on any atom is 0.147 e. The lowest BCUT2D eigenvalue weighted by atomic mass is 9.84. The second kappa shape index (κ2) is 5.43. The molecule has 0 aromatic carbocycles. The van der Waals surface area contributed by atoms with Crippen molar-refractivity contribution >= 4 is 5.82 Å². The Bertz CT molecular complexity index is 422. The molecule has 2 atom stereocenters. The molecule has 104 valence electrons. The Balaban J connectivity index is 1.69. The highest BCUT2D eigenvalue weighted by Crippen LogP contribution is 2.31. The zero-order chi connectivity index (χ0) is 13.2. The van der Waals surface area contributed by atoms with Crippen molar-refractivity contribution in [3.05, 3.63) is 18.1 Å². The Morgan fingerprint density at radius 3 is 2.89 bits per heavy atom. The Hall–Kier alpha value is -1.20. The standard InChI is InChI=1S/C14H22N4O/c1-17-5-2-3-11-9-18(6-4-13(11)17)14-8-15-12(10-19)7-16-14/h7-8,11,13,19H,2-6,9-10H2,1H3. The molecule has 1 aromatic heterocycles. The molecule has 2 fully saturated rings. The van der Waals surface area contributed by atoms with Gasteiger partial charge in [0.25, 0.3) is 0 Å². The maximum atomic E-state index is 9.00. The molecule has 2 aliphatic rings. The van der Waals surface area contributed by atoms with Gasteiger partial charge in [-0.05, 0) is 38.8 Å². The summed E-state index contributed by atoms with van der Waals surface area (Å²) in [7, 11) is 2.25. The molecule has 3 rings (SSSR count). The van der Waals surface area contributed by atoms with Gasteiger partial charge in [0.2, 0.25) is 0 Å². The summed E-state index contributed by atoms with van der Waals surface area (Å²) in [5.74, 6) is 1.70. The van der Waals surface area contributed by atoms with E-state index >= 15 is 0 Å². The summed E-state index contributed by atoms with van der Waals surface area (Å²) in [6, 6.07) is 0.745. The predicted octanol–water partition coefficient (Wildman–Crippen LogP) is 0.889. The number of hydrogen-bond donors (Lipinski definition) is 1. The third kappa shape index (κ3) is 2.58. The second-order valence-electron chi connectivity index (χ2n) is 5.71.